The maximum absolute atomic E-state index is 4.34. The van der Waals surface area contributed by atoms with E-state index in [4.69, 9.17) is 0 Å². The van der Waals surface area contributed by atoms with Crippen LogP contribution in [-0.2, 0) is 13.0 Å². The third-order valence-corrected chi connectivity index (χ3v) is 3.32. The molecule has 0 saturated heterocycles. The van der Waals surface area contributed by atoms with Gasteiger partial charge in [-0.05, 0) is 40.7 Å². The summed E-state index contributed by atoms with van der Waals surface area (Å²) in [6, 6.07) is 6.40. The van der Waals surface area contributed by atoms with Crippen molar-refractivity contribution in [3.8, 4) is 5.69 Å². The molecule has 1 heterocycles. The van der Waals surface area contributed by atoms with Crippen molar-refractivity contribution in [2.24, 2.45) is 0 Å². The highest BCUT2D eigenvalue weighted by molar-refractivity contribution is 9.10. The van der Waals surface area contributed by atoms with E-state index >= 15 is 0 Å². The smallest absolute Gasteiger partial charge is 0.112 e. The molecule has 1 aromatic carbocycles. The normalized spacial score (nSPS) is 10.8. The van der Waals surface area contributed by atoms with Crippen LogP contribution in [0.4, 0.5) is 0 Å². The minimum Gasteiger partial charge on any atom is -0.316 e. The van der Waals surface area contributed by atoms with Crippen LogP contribution in [0.25, 0.3) is 5.69 Å². The fourth-order valence-electron chi connectivity index (χ4n) is 1.88. The molecule has 3 nitrogen and oxygen atoms in total. The molecule has 4 heteroatoms. The van der Waals surface area contributed by atoms with E-state index in [2.05, 4.69) is 55.9 Å². The van der Waals surface area contributed by atoms with Crippen LogP contribution >= 0.6 is 15.9 Å². The van der Waals surface area contributed by atoms with Crippen LogP contribution in [0.3, 0.4) is 0 Å². The van der Waals surface area contributed by atoms with Crippen molar-refractivity contribution in [1.82, 2.24) is 14.9 Å². The molecule has 2 aromatic rings. The van der Waals surface area contributed by atoms with Gasteiger partial charge in [0, 0.05) is 29.8 Å². The number of nitrogens with one attached hydrogen (secondary N) is 1. The summed E-state index contributed by atoms with van der Waals surface area (Å²) < 4.78 is 3.21. The topological polar surface area (TPSA) is 29.9 Å². The maximum atomic E-state index is 4.34. The molecule has 0 aliphatic rings. The maximum Gasteiger partial charge on any atom is 0.112 e. The Labute approximate surface area is 110 Å². The second-order valence-electron chi connectivity index (χ2n) is 3.88. The summed E-state index contributed by atoms with van der Waals surface area (Å²) in [6.07, 6.45) is 4.77. The lowest BCUT2D eigenvalue weighted by atomic mass is 10.2. The van der Waals surface area contributed by atoms with Crippen LogP contribution in [0.2, 0.25) is 0 Å². The highest BCUT2D eigenvalue weighted by atomic mass is 79.9. The first-order chi connectivity index (χ1) is 8.26. The zero-order valence-electron chi connectivity index (χ0n) is 10.1. The lowest BCUT2D eigenvalue weighted by Crippen LogP contribution is -2.06. The molecule has 1 N–H and O–H groups in total. The Morgan fingerprint density at radius 1 is 1.41 bits per heavy atom. The molecule has 90 valence electrons. The number of benzene rings is 1. The molecule has 0 fully saturated rings. The molecule has 0 amide bonds. The molecule has 0 aliphatic carbocycles. The fourth-order valence-corrected chi connectivity index (χ4v) is 2.49. The van der Waals surface area contributed by atoms with Gasteiger partial charge in [-0.1, -0.05) is 13.0 Å². The van der Waals surface area contributed by atoms with Crippen LogP contribution in [0.15, 0.2) is 35.1 Å². The summed E-state index contributed by atoms with van der Waals surface area (Å²) in [6.45, 7) is 2.99. The van der Waals surface area contributed by atoms with Gasteiger partial charge in [-0.15, -0.1) is 0 Å². The SMILES string of the molecule is CCc1nccn1-c1ccc(CNC)cc1Br. The van der Waals surface area contributed by atoms with Crippen molar-refractivity contribution in [3.05, 3.63) is 46.5 Å². The average molecular weight is 294 g/mol. The van der Waals surface area contributed by atoms with Gasteiger partial charge in [-0.25, -0.2) is 4.98 Å². The Morgan fingerprint density at radius 3 is 2.88 bits per heavy atom. The highest BCUT2D eigenvalue weighted by Crippen LogP contribution is 2.23. The molecule has 0 bridgehead atoms. The Hall–Kier alpha value is -1.13. The number of imidazole rings is 1. The average Bonchev–Trinajstić information content (AvgIpc) is 2.77. The lowest BCUT2D eigenvalue weighted by molar-refractivity contribution is 0.815. The number of aryl methyl sites for hydroxylation is 1. The quantitative estimate of drug-likeness (QED) is 0.939. The van der Waals surface area contributed by atoms with Crippen molar-refractivity contribution in [1.29, 1.82) is 0 Å². The summed E-state index contributed by atoms with van der Waals surface area (Å²) in [4.78, 5) is 4.34. The molecule has 0 atom stereocenters. The van der Waals surface area contributed by atoms with Gasteiger partial charge in [0.2, 0.25) is 0 Å². The number of halogens is 1. The largest absolute Gasteiger partial charge is 0.316 e. The van der Waals surface area contributed by atoms with E-state index in [1.54, 1.807) is 0 Å². The Bertz CT molecular complexity index is 505. The Kier molecular flexibility index (Phi) is 3.97. The van der Waals surface area contributed by atoms with Crippen LogP contribution in [0.5, 0.6) is 0 Å². The number of nitrogens with zero attached hydrogens (tertiary/aromatic N) is 2. The first-order valence-electron chi connectivity index (χ1n) is 5.72. The molecule has 0 radical (unpaired) electrons. The summed E-state index contributed by atoms with van der Waals surface area (Å²) >= 11 is 3.63. The monoisotopic (exact) mass is 293 g/mol. The zero-order valence-corrected chi connectivity index (χ0v) is 11.7. The van der Waals surface area contributed by atoms with Crippen LogP contribution < -0.4 is 5.32 Å². The van der Waals surface area contributed by atoms with E-state index < -0.39 is 0 Å². The summed E-state index contributed by atoms with van der Waals surface area (Å²) in [5, 5.41) is 3.15. The summed E-state index contributed by atoms with van der Waals surface area (Å²) in [7, 11) is 1.95. The van der Waals surface area contributed by atoms with Crippen molar-refractivity contribution in [3.63, 3.8) is 0 Å². The van der Waals surface area contributed by atoms with Gasteiger partial charge in [-0.3, -0.25) is 0 Å². The highest BCUT2D eigenvalue weighted by Gasteiger charge is 2.07. The zero-order chi connectivity index (χ0) is 12.3. The van der Waals surface area contributed by atoms with Gasteiger partial charge in [0.05, 0.1) is 5.69 Å². The van der Waals surface area contributed by atoms with Gasteiger partial charge < -0.3 is 9.88 Å². The van der Waals surface area contributed by atoms with E-state index in [1.165, 1.54) is 5.56 Å². The minimum atomic E-state index is 0.878. The first-order valence-corrected chi connectivity index (χ1v) is 6.51. The third kappa shape index (κ3) is 2.58. The van der Waals surface area contributed by atoms with E-state index in [9.17, 15) is 0 Å². The number of hydrogen-bond acceptors (Lipinski definition) is 2. The Balaban J connectivity index is 2.39. The van der Waals surface area contributed by atoms with Crippen LogP contribution in [0.1, 0.15) is 18.3 Å². The molecule has 2 rings (SSSR count). The fraction of sp³-hybridized carbons (Fsp3) is 0.308. The van der Waals surface area contributed by atoms with Gasteiger partial charge in [0.1, 0.15) is 5.82 Å². The van der Waals surface area contributed by atoms with Crippen molar-refractivity contribution >= 4 is 15.9 Å². The van der Waals surface area contributed by atoms with Gasteiger partial charge in [0.15, 0.2) is 0 Å². The van der Waals surface area contributed by atoms with E-state index in [1.807, 2.05) is 19.4 Å². The first kappa shape index (κ1) is 12.3. The number of hydrogen-bond donors (Lipinski definition) is 1. The minimum absolute atomic E-state index is 0.878. The third-order valence-electron chi connectivity index (χ3n) is 2.69. The number of aromatic nitrogens is 2. The molecule has 1 aromatic heterocycles. The van der Waals surface area contributed by atoms with Crippen LogP contribution in [0, 0.1) is 0 Å². The predicted molar refractivity (Wildman–Crippen MR) is 73.4 cm³/mol. The van der Waals surface area contributed by atoms with Crippen molar-refractivity contribution in [2.45, 2.75) is 19.9 Å². The molecule has 0 unspecified atom stereocenters. The molecular formula is C13H16BrN3. The van der Waals surface area contributed by atoms with E-state index in [-0.39, 0.29) is 0 Å². The molecular weight excluding hydrogens is 278 g/mol. The molecule has 0 saturated carbocycles. The lowest BCUT2D eigenvalue weighted by Gasteiger charge is -2.10. The van der Waals surface area contributed by atoms with Gasteiger partial charge >= 0.3 is 0 Å². The molecule has 17 heavy (non-hydrogen) atoms. The summed E-state index contributed by atoms with van der Waals surface area (Å²) in [5.74, 6) is 1.08. The van der Waals surface area contributed by atoms with Gasteiger partial charge in [-0.2, -0.15) is 0 Å². The van der Waals surface area contributed by atoms with E-state index in [0.29, 0.717) is 0 Å². The predicted octanol–water partition coefficient (Wildman–Crippen LogP) is 2.92. The van der Waals surface area contributed by atoms with Crippen LogP contribution in [-0.4, -0.2) is 16.6 Å². The molecule has 0 spiro atoms. The second-order valence-corrected chi connectivity index (χ2v) is 4.74. The summed E-state index contributed by atoms with van der Waals surface area (Å²) in [5.41, 5.74) is 2.40. The molecule has 0 aliphatic heterocycles. The van der Waals surface area contributed by atoms with Crippen molar-refractivity contribution < 1.29 is 0 Å². The second kappa shape index (κ2) is 5.47. The van der Waals surface area contributed by atoms with E-state index in [0.717, 1.165) is 29.0 Å². The van der Waals surface area contributed by atoms with Crippen molar-refractivity contribution in [2.75, 3.05) is 7.05 Å². The standard InChI is InChI=1S/C13H16BrN3/c1-3-13-16-6-7-17(13)12-5-4-10(9-15-2)8-11(12)14/h4-8,15H,3,9H2,1-2H3. The number of rotatable bonds is 4. The Morgan fingerprint density at radius 2 is 2.24 bits per heavy atom. The van der Waals surface area contributed by atoms with Gasteiger partial charge in [0.25, 0.3) is 0 Å².